The van der Waals surface area contributed by atoms with Crippen LogP contribution in [-0.4, -0.2) is 34.5 Å². The number of hydrogen-bond acceptors (Lipinski definition) is 4. The first kappa shape index (κ1) is 19.4. The number of pyridine rings is 1. The highest BCUT2D eigenvalue weighted by Gasteiger charge is 2.41. The molecule has 0 radical (unpaired) electrons. The van der Waals surface area contributed by atoms with E-state index in [0.717, 1.165) is 16.0 Å². The standard InChI is InChI=1S/C13H15FN2O2.C6H8N2/c1-9(10-5-3-2-4-6-10)15-13(18)16-11(8-14)7-12(16)17;1-5-2-3-8-6(7)4-5/h2-6,9,11H,7-8H2,1H3,(H,15,18);2-4H,1H3,(H2,7,8). The Balaban J connectivity index is 0.000000254. The van der Waals surface area contributed by atoms with E-state index in [4.69, 9.17) is 5.73 Å². The van der Waals surface area contributed by atoms with Crippen molar-refractivity contribution in [1.29, 1.82) is 0 Å². The van der Waals surface area contributed by atoms with Gasteiger partial charge < -0.3 is 11.1 Å². The smallest absolute Gasteiger partial charge is 0.324 e. The van der Waals surface area contributed by atoms with Gasteiger partial charge in [-0.3, -0.25) is 9.69 Å². The normalized spacial score (nSPS) is 16.8. The Kier molecular flexibility index (Phi) is 6.66. The first-order valence-corrected chi connectivity index (χ1v) is 8.34. The number of anilines is 1. The summed E-state index contributed by atoms with van der Waals surface area (Å²) >= 11 is 0. The van der Waals surface area contributed by atoms with Crippen molar-refractivity contribution in [3.8, 4) is 0 Å². The number of amides is 3. The molecule has 3 rings (SSSR count). The predicted molar refractivity (Wildman–Crippen MR) is 98.0 cm³/mol. The van der Waals surface area contributed by atoms with Gasteiger partial charge in [-0.05, 0) is 37.1 Å². The van der Waals surface area contributed by atoms with Gasteiger partial charge in [0.25, 0.3) is 0 Å². The molecule has 2 atom stereocenters. The summed E-state index contributed by atoms with van der Waals surface area (Å²) in [5.74, 6) is 0.264. The molecule has 0 aliphatic carbocycles. The third kappa shape index (κ3) is 5.02. The Morgan fingerprint density at radius 1 is 1.38 bits per heavy atom. The number of nitrogens with one attached hydrogen (secondary N) is 1. The Labute approximate surface area is 152 Å². The number of carbonyl (C=O) groups is 2. The number of alkyl halides is 1. The van der Waals surface area contributed by atoms with Gasteiger partial charge in [-0.2, -0.15) is 0 Å². The fraction of sp³-hybridized carbons (Fsp3) is 0.316. The predicted octanol–water partition coefficient (Wildman–Crippen LogP) is 3.00. The first-order valence-electron chi connectivity index (χ1n) is 8.34. The molecule has 1 aromatic carbocycles. The summed E-state index contributed by atoms with van der Waals surface area (Å²) in [5.41, 5.74) is 7.44. The lowest BCUT2D eigenvalue weighted by Crippen LogP contribution is -2.59. The third-order valence-corrected chi connectivity index (χ3v) is 4.02. The van der Waals surface area contributed by atoms with Crippen LogP contribution < -0.4 is 11.1 Å². The fourth-order valence-electron chi connectivity index (χ4n) is 2.52. The molecule has 1 aliphatic heterocycles. The number of nitrogens with zero attached hydrogens (tertiary/aromatic N) is 2. The topological polar surface area (TPSA) is 88.3 Å². The molecule has 7 heteroatoms. The van der Waals surface area contributed by atoms with Crippen molar-refractivity contribution in [3.63, 3.8) is 0 Å². The van der Waals surface area contributed by atoms with Crippen LogP contribution in [0.3, 0.4) is 0 Å². The summed E-state index contributed by atoms with van der Waals surface area (Å²) in [5, 5.41) is 2.69. The SMILES string of the molecule is CC(NC(=O)N1C(=O)CC1CF)c1ccccc1.Cc1ccnc(N)c1. The molecular weight excluding hydrogens is 335 g/mol. The van der Waals surface area contributed by atoms with E-state index in [1.807, 2.05) is 56.3 Å². The highest BCUT2D eigenvalue weighted by Crippen LogP contribution is 2.21. The van der Waals surface area contributed by atoms with Crippen LogP contribution in [0.2, 0.25) is 0 Å². The lowest BCUT2D eigenvalue weighted by Gasteiger charge is -2.37. The molecule has 3 N–H and O–H groups in total. The van der Waals surface area contributed by atoms with Crippen LogP contribution in [0.5, 0.6) is 0 Å². The minimum atomic E-state index is -0.682. The number of carbonyl (C=O) groups excluding carboxylic acids is 2. The number of aryl methyl sites for hydroxylation is 1. The van der Waals surface area contributed by atoms with Gasteiger partial charge in [0.1, 0.15) is 12.5 Å². The zero-order chi connectivity index (χ0) is 19.1. The number of halogens is 1. The fourth-order valence-corrected chi connectivity index (χ4v) is 2.52. The van der Waals surface area contributed by atoms with Crippen molar-refractivity contribution in [3.05, 3.63) is 59.8 Å². The van der Waals surface area contributed by atoms with Crippen molar-refractivity contribution < 1.29 is 14.0 Å². The Bertz CT molecular complexity index is 737. The molecule has 1 aliphatic rings. The second-order valence-electron chi connectivity index (χ2n) is 6.12. The molecule has 0 bridgehead atoms. The molecule has 1 saturated heterocycles. The third-order valence-electron chi connectivity index (χ3n) is 4.02. The van der Waals surface area contributed by atoms with Gasteiger partial charge in [-0.25, -0.2) is 14.2 Å². The van der Waals surface area contributed by atoms with Crippen LogP contribution in [-0.2, 0) is 4.79 Å². The molecule has 0 saturated carbocycles. The maximum Gasteiger partial charge on any atom is 0.324 e. The van der Waals surface area contributed by atoms with Crippen molar-refractivity contribution >= 4 is 17.8 Å². The Morgan fingerprint density at radius 3 is 2.58 bits per heavy atom. The average molecular weight is 358 g/mol. The van der Waals surface area contributed by atoms with E-state index in [1.54, 1.807) is 6.20 Å². The number of benzene rings is 1. The monoisotopic (exact) mass is 358 g/mol. The quantitative estimate of drug-likeness (QED) is 0.826. The second kappa shape index (κ2) is 8.94. The van der Waals surface area contributed by atoms with Gasteiger partial charge in [-0.1, -0.05) is 30.3 Å². The minimum absolute atomic E-state index is 0.115. The molecular formula is C19H23FN4O2. The van der Waals surface area contributed by atoms with E-state index < -0.39 is 18.7 Å². The number of imide groups is 1. The molecule has 2 unspecified atom stereocenters. The van der Waals surface area contributed by atoms with Crippen molar-refractivity contribution in [2.24, 2.45) is 0 Å². The van der Waals surface area contributed by atoms with E-state index in [1.165, 1.54) is 0 Å². The van der Waals surface area contributed by atoms with Crippen LogP contribution in [0.1, 0.15) is 30.5 Å². The number of nitrogens with two attached hydrogens (primary N) is 1. The molecule has 2 aromatic rings. The molecule has 138 valence electrons. The molecule has 1 aromatic heterocycles. The summed E-state index contributed by atoms with van der Waals surface area (Å²) < 4.78 is 12.5. The first-order chi connectivity index (χ1) is 12.4. The number of nitrogen functional groups attached to an aromatic ring is 1. The zero-order valence-electron chi connectivity index (χ0n) is 14.9. The number of urea groups is 1. The number of hydrogen-bond donors (Lipinski definition) is 2. The lowest BCUT2D eigenvalue weighted by molar-refractivity contribution is -0.141. The van der Waals surface area contributed by atoms with Crippen molar-refractivity contribution in [2.75, 3.05) is 12.4 Å². The second-order valence-corrected chi connectivity index (χ2v) is 6.12. The largest absolute Gasteiger partial charge is 0.384 e. The van der Waals surface area contributed by atoms with Crippen LogP contribution in [0.25, 0.3) is 0 Å². The molecule has 0 spiro atoms. The van der Waals surface area contributed by atoms with Crippen molar-refractivity contribution in [1.82, 2.24) is 15.2 Å². The Hall–Kier alpha value is -2.96. The highest BCUT2D eigenvalue weighted by atomic mass is 19.1. The van der Waals surface area contributed by atoms with Crippen LogP contribution in [0, 0.1) is 6.92 Å². The molecule has 26 heavy (non-hydrogen) atoms. The summed E-state index contributed by atoms with van der Waals surface area (Å²) in [6.07, 6.45) is 1.81. The van der Waals surface area contributed by atoms with Gasteiger partial charge >= 0.3 is 6.03 Å². The van der Waals surface area contributed by atoms with Gasteiger partial charge in [0.2, 0.25) is 5.91 Å². The van der Waals surface area contributed by atoms with Crippen LogP contribution >= 0.6 is 0 Å². The average Bonchev–Trinajstić information content (AvgIpc) is 2.60. The lowest BCUT2D eigenvalue weighted by atomic mass is 10.0. The van der Waals surface area contributed by atoms with E-state index in [2.05, 4.69) is 10.3 Å². The van der Waals surface area contributed by atoms with Gasteiger partial charge in [0.15, 0.2) is 0 Å². The van der Waals surface area contributed by atoms with E-state index >= 15 is 0 Å². The number of likely N-dealkylation sites (tertiary alicyclic amines) is 1. The van der Waals surface area contributed by atoms with E-state index in [-0.39, 0.29) is 18.4 Å². The zero-order valence-corrected chi connectivity index (χ0v) is 14.9. The van der Waals surface area contributed by atoms with Gasteiger partial charge in [0, 0.05) is 6.20 Å². The highest BCUT2D eigenvalue weighted by molar-refractivity contribution is 5.99. The summed E-state index contributed by atoms with van der Waals surface area (Å²) in [4.78, 5) is 27.8. The van der Waals surface area contributed by atoms with Crippen molar-refractivity contribution in [2.45, 2.75) is 32.4 Å². The van der Waals surface area contributed by atoms with E-state index in [9.17, 15) is 14.0 Å². The van der Waals surface area contributed by atoms with Crippen LogP contribution in [0.15, 0.2) is 48.7 Å². The molecule has 3 amide bonds. The van der Waals surface area contributed by atoms with Gasteiger partial charge in [-0.15, -0.1) is 0 Å². The number of aromatic nitrogens is 1. The number of rotatable bonds is 3. The van der Waals surface area contributed by atoms with E-state index in [0.29, 0.717) is 5.82 Å². The van der Waals surface area contributed by atoms with Gasteiger partial charge in [0.05, 0.1) is 18.5 Å². The summed E-state index contributed by atoms with van der Waals surface area (Å²) in [6, 6.07) is 11.8. The Morgan fingerprint density at radius 2 is 2.08 bits per heavy atom. The minimum Gasteiger partial charge on any atom is -0.384 e. The number of β-lactam (4-membered cyclic amide) rings is 1. The summed E-state index contributed by atoms with van der Waals surface area (Å²) in [6.45, 7) is 3.12. The summed E-state index contributed by atoms with van der Waals surface area (Å²) in [7, 11) is 0. The van der Waals surface area contributed by atoms with Crippen LogP contribution in [0.4, 0.5) is 15.0 Å². The molecule has 6 nitrogen and oxygen atoms in total. The maximum absolute atomic E-state index is 12.5. The maximum atomic E-state index is 12.5. The molecule has 2 heterocycles. The molecule has 1 fully saturated rings.